The van der Waals surface area contributed by atoms with Crippen LogP contribution < -0.4 is 10.9 Å². The molecule has 156 valence electrons. The van der Waals surface area contributed by atoms with Crippen LogP contribution in [0, 0.1) is 6.92 Å². The zero-order chi connectivity index (χ0) is 20.8. The number of pyridine rings is 2. The van der Waals surface area contributed by atoms with E-state index in [4.69, 9.17) is 9.72 Å². The van der Waals surface area contributed by atoms with E-state index < -0.39 is 0 Å². The highest BCUT2D eigenvalue weighted by Crippen LogP contribution is 2.35. The van der Waals surface area contributed by atoms with E-state index in [0.717, 1.165) is 65.2 Å². The molecule has 0 radical (unpaired) electrons. The van der Waals surface area contributed by atoms with E-state index in [1.807, 2.05) is 19.1 Å². The van der Waals surface area contributed by atoms with Crippen molar-refractivity contribution in [1.82, 2.24) is 19.8 Å². The number of nitrogens with zero attached hydrogens (tertiary/aromatic N) is 3. The lowest BCUT2D eigenvalue weighted by atomic mass is 10.0. The molecule has 2 aliphatic rings. The first kappa shape index (κ1) is 19.2. The molecule has 1 saturated heterocycles. The molecule has 0 aliphatic carbocycles. The van der Waals surface area contributed by atoms with Crippen LogP contribution in [-0.4, -0.2) is 52.8 Å². The lowest BCUT2D eigenvalue weighted by Gasteiger charge is -2.27. The van der Waals surface area contributed by atoms with Gasteiger partial charge in [0.25, 0.3) is 5.56 Å². The number of phenols is 1. The van der Waals surface area contributed by atoms with Gasteiger partial charge in [0.1, 0.15) is 5.75 Å². The largest absolute Gasteiger partial charge is 0.508 e. The highest BCUT2D eigenvalue weighted by atomic mass is 16.5. The fourth-order valence-electron chi connectivity index (χ4n) is 4.59. The zero-order valence-electron chi connectivity index (χ0n) is 17.4. The lowest BCUT2D eigenvalue weighted by molar-refractivity contribution is 0.183. The van der Waals surface area contributed by atoms with Crippen molar-refractivity contribution in [3.05, 3.63) is 56.9 Å². The summed E-state index contributed by atoms with van der Waals surface area (Å²) in [6.45, 7) is 7.26. The van der Waals surface area contributed by atoms with Crippen LogP contribution >= 0.6 is 0 Å². The van der Waals surface area contributed by atoms with Gasteiger partial charge in [-0.3, -0.25) is 9.69 Å². The van der Waals surface area contributed by atoms with Crippen molar-refractivity contribution in [1.29, 1.82) is 0 Å². The molecule has 0 unspecified atom stereocenters. The van der Waals surface area contributed by atoms with Crippen LogP contribution in [0.5, 0.6) is 5.75 Å². The van der Waals surface area contributed by atoms with Crippen LogP contribution in [0.2, 0.25) is 0 Å². The predicted octanol–water partition coefficient (Wildman–Crippen LogP) is 1.99. The van der Waals surface area contributed by atoms with Crippen molar-refractivity contribution in [3.8, 4) is 17.1 Å². The minimum atomic E-state index is -0.0159. The molecule has 0 saturated carbocycles. The topological polar surface area (TPSA) is 79.6 Å². The standard InChI is InChI=1S/C23H26N4O3/c1-14-9-20-22-15(11-27(20)23(29)18(14)13-30-2)10-16-17(12-26-7-5-24-6-8-26)21(28)4-3-19(16)25-22/h3-4,9-10,24,28H,5-8,11-13H2,1-2H3. The van der Waals surface area contributed by atoms with Gasteiger partial charge in [-0.25, -0.2) is 4.98 Å². The molecular weight excluding hydrogens is 380 g/mol. The van der Waals surface area contributed by atoms with E-state index in [0.29, 0.717) is 31.0 Å². The van der Waals surface area contributed by atoms with Gasteiger partial charge in [0, 0.05) is 61.9 Å². The summed E-state index contributed by atoms with van der Waals surface area (Å²) in [6.07, 6.45) is 0. The first-order valence-electron chi connectivity index (χ1n) is 10.4. The number of nitrogens with one attached hydrogen (secondary N) is 1. The summed E-state index contributed by atoms with van der Waals surface area (Å²) in [5.41, 5.74) is 6.07. The Hall–Kier alpha value is -2.74. The van der Waals surface area contributed by atoms with Gasteiger partial charge in [0.05, 0.1) is 30.1 Å². The Morgan fingerprint density at radius 1 is 1.20 bits per heavy atom. The maximum Gasteiger partial charge on any atom is 0.257 e. The summed E-state index contributed by atoms with van der Waals surface area (Å²) in [7, 11) is 1.60. The molecule has 0 amide bonds. The number of methoxy groups -OCH3 is 1. The number of piperazine rings is 1. The Kier molecular flexibility index (Phi) is 4.81. The van der Waals surface area contributed by atoms with Crippen molar-refractivity contribution in [2.75, 3.05) is 33.3 Å². The van der Waals surface area contributed by atoms with Crippen LogP contribution in [0.3, 0.4) is 0 Å². The van der Waals surface area contributed by atoms with E-state index in [-0.39, 0.29) is 5.56 Å². The number of rotatable bonds is 4. The molecule has 7 nitrogen and oxygen atoms in total. The van der Waals surface area contributed by atoms with Gasteiger partial charge in [0.2, 0.25) is 0 Å². The number of hydrogen-bond donors (Lipinski definition) is 2. The average Bonchev–Trinajstić information content (AvgIpc) is 3.10. The Morgan fingerprint density at radius 3 is 2.77 bits per heavy atom. The minimum absolute atomic E-state index is 0.0159. The fraction of sp³-hybridized carbons (Fsp3) is 0.391. The molecule has 3 aromatic rings. The number of phenolic OH excluding ortho intramolecular Hbond substituents is 1. The Bertz CT molecular complexity index is 1200. The maximum absolute atomic E-state index is 13.0. The summed E-state index contributed by atoms with van der Waals surface area (Å²) >= 11 is 0. The SMILES string of the molecule is COCc1c(C)cc2n(c1=O)Cc1cc3c(CN4CCNCC4)c(O)ccc3nc1-2. The molecule has 2 N–H and O–H groups in total. The van der Waals surface area contributed by atoms with Crippen LogP contribution in [-0.2, 0) is 24.4 Å². The van der Waals surface area contributed by atoms with Crippen LogP contribution in [0.1, 0.15) is 22.3 Å². The number of aryl methyl sites for hydroxylation is 1. The van der Waals surface area contributed by atoms with Gasteiger partial charge in [-0.15, -0.1) is 0 Å². The van der Waals surface area contributed by atoms with Crippen LogP contribution in [0.15, 0.2) is 29.1 Å². The highest BCUT2D eigenvalue weighted by Gasteiger charge is 2.25. The molecule has 30 heavy (non-hydrogen) atoms. The van der Waals surface area contributed by atoms with E-state index in [1.165, 1.54) is 0 Å². The van der Waals surface area contributed by atoms with Gasteiger partial charge < -0.3 is 19.7 Å². The molecule has 5 rings (SSSR count). The highest BCUT2D eigenvalue weighted by molar-refractivity contribution is 5.88. The molecular formula is C23H26N4O3. The van der Waals surface area contributed by atoms with Gasteiger partial charge in [-0.1, -0.05) is 0 Å². The van der Waals surface area contributed by atoms with Gasteiger partial charge >= 0.3 is 0 Å². The Morgan fingerprint density at radius 2 is 2.00 bits per heavy atom. The number of ether oxygens (including phenoxy) is 1. The molecule has 0 spiro atoms. The molecule has 4 heterocycles. The van der Waals surface area contributed by atoms with E-state index >= 15 is 0 Å². The summed E-state index contributed by atoms with van der Waals surface area (Å²) in [5, 5.41) is 14.9. The molecule has 0 bridgehead atoms. The van der Waals surface area contributed by atoms with Crippen molar-refractivity contribution < 1.29 is 9.84 Å². The lowest BCUT2D eigenvalue weighted by Crippen LogP contribution is -2.42. The molecule has 2 aliphatic heterocycles. The Balaban J connectivity index is 1.61. The summed E-state index contributed by atoms with van der Waals surface area (Å²) < 4.78 is 7.01. The molecule has 2 aromatic heterocycles. The third-order valence-electron chi connectivity index (χ3n) is 6.24. The third-order valence-corrected chi connectivity index (χ3v) is 6.24. The first-order chi connectivity index (χ1) is 14.6. The normalized spacial score (nSPS) is 16.1. The smallest absolute Gasteiger partial charge is 0.257 e. The Labute approximate surface area is 174 Å². The maximum atomic E-state index is 13.0. The summed E-state index contributed by atoms with van der Waals surface area (Å²) in [5.74, 6) is 0.300. The minimum Gasteiger partial charge on any atom is -0.508 e. The van der Waals surface area contributed by atoms with E-state index in [9.17, 15) is 9.90 Å². The fourth-order valence-corrected chi connectivity index (χ4v) is 4.59. The molecule has 0 atom stereocenters. The second-order valence-corrected chi connectivity index (χ2v) is 8.17. The van der Waals surface area contributed by atoms with Crippen LogP contribution in [0.25, 0.3) is 22.3 Å². The quantitative estimate of drug-likeness (QED) is 0.540. The van der Waals surface area contributed by atoms with Gasteiger partial charge in [-0.2, -0.15) is 0 Å². The second kappa shape index (κ2) is 7.50. The van der Waals surface area contributed by atoms with E-state index in [2.05, 4.69) is 16.3 Å². The van der Waals surface area contributed by atoms with Gasteiger partial charge in [-0.05, 0) is 36.8 Å². The monoisotopic (exact) mass is 406 g/mol. The van der Waals surface area contributed by atoms with Crippen molar-refractivity contribution in [2.24, 2.45) is 0 Å². The summed E-state index contributed by atoms with van der Waals surface area (Å²) in [6, 6.07) is 7.72. The molecule has 7 heteroatoms. The number of fused-ring (bicyclic) bond motifs is 4. The first-order valence-corrected chi connectivity index (χ1v) is 10.4. The van der Waals surface area contributed by atoms with Gasteiger partial charge in [0.15, 0.2) is 0 Å². The summed E-state index contributed by atoms with van der Waals surface area (Å²) in [4.78, 5) is 20.3. The number of aromatic nitrogens is 2. The molecule has 1 aromatic carbocycles. The average molecular weight is 406 g/mol. The molecule has 1 fully saturated rings. The second-order valence-electron chi connectivity index (χ2n) is 8.17. The van der Waals surface area contributed by atoms with Crippen LogP contribution in [0.4, 0.5) is 0 Å². The third kappa shape index (κ3) is 3.10. The number of aromatic hydroxyl groups is 1. The number of benzene rings is 1. The van der Waals surface area contributed by atoms with E-state index in [1.54, 1.807) is 17.7 Å². The van der Waals surface area contributed by atoms with Crippen molar-refractivity contribution in [3.63, 3.8) is 0 Å². The predicted molar refractivity (Wildman–Crippen MR) is 116 cm³/mol. The van der Waals surface area contributed by atoms with Crippen molar-refractivity contribution >= 4 is 10.9 Å². The van der Waals surface area contributed by atoms with Crippen molar-refractivity contribution in [2.45, 2.75) is 26.6 Å². The number of hydrogen-bond acceptors (Lipinski definition) is 6. The zero-order valence-corrected chi connectivity index (χ0v) is 17.4.